The molecular formula is C27H34N2O6. The van der Waals surface area contributed by atoms with Crippen LogP contribution in [0.3, 0.4) is 0 Å². The second-order valence-corrected chi connectivity index (χ2v) is 9.31. The number of rotatable bonds is 12. The van der Waals surface area contributed by atoms with Crippen LogP contribution < -0.4 is 10.6 Å². The van der Waals surface area contributed by atoms with Gasteiger partial charge in [-0.05, 0) is 49.4 Å². The van der Waals surface area contributed by atoms with Crippen molar-refractivity contribution >= 4 is 18.0 Å². The molecule has 8 heteroatoms. The molecule has 0 radical (unpaired) electrons. The van der Waals surface area contributed by atoms with E-state index in [-0.39, 0.29) is 37.8 Å². The molecule has 3 rings (SSSR count). The fourth-order valence-corrected chi connectivity index (χ4v) is 4.39. The lowest BCUT2D eigenvalue weighted by molar-refractivity contribution is -0.138. The lowest BCUT2D eigenvalue weighted by atomic mass is 9.98. The summed E-state index contributed by atoms with van der Waals surface area (Å²) in [5, 5.41) is 14.4. The number of benzene rings is 2. The Labute approximate surface area is 206 Å². The van der Waals surface area contributed by atoms with Gasteiger partial charge in [0, 0.05) is 31.0 Å². The van der Waals surface area contributed by atoms with Crippen molar-refractivity contribution in [3.8, 4) is 11.1 Å². The van der Waals surface area contributed by atoms with Gasteiger partial charge in [0.1, 0.15) is 6.61 Å². The normalized spacial score (nSPS) is 13.5. The molecule has 0 spiro atoms. The number of fused-ring (bicyclic) bond motifs is 3. The first-order chi connectivity index (χ1) is 16.7. The molecule has 2 aromatic carbocycles. The molecule has 0 saturated carbocycles. The zero-order valence-corrected chi connectivity index (χ0v) is 20.5. The number of carbonyl (C=O) groups is 3. The summed E-state index contributed by atoms with van der Waals surface area (Å²) in [5.74, 6) is -1.21. The molecule has 1 atom stereocenters. The van der Waals surface area contributed by atoms with Gasteiger partial charge < -0.3 is 25.2 Å². The van der Waals surface area contributed by atoms with E-state index in [2.05, 4.69) is 34.9 Å². The Morgan fingerprint density at radius 1 is 1.03 bits per heavy atom. The van der Waals surface area contributed by atoms with E-state index in [1.807, 2.05) is 31.2 Å². The summed E-state index contributed by atoms with van der Waals surface area (Å²) in [6.07, 6.45) is -0.792. The van der Waals surface area contributed by atoms with E-state index in [9.17, 15) is 14.4 Å². The average Bonchev–Trinajstić information content (AvgIpc) is 3.13. The highest BCUT2D eigenvalue weighted by atomic mass is 16.5. The summed E-state index contributed by atoms with van der Waals surface area (Å²) < 4.78 is 11.2. The molecule has 3 N–H and O–H groups in total. The molecule has 2 aromatic rings. The summed E-state index contributed by atoms with van der Waals surface area (Å²) in [5.41, 5.74) is 3.93. The van der Waals surface area contributed by atoms with Crippen molar-refractivity contribution in [1.29, 1.82) is 0 Å². The molecule has 0 heterocycles. The third-order valence-electron chi connectivity index (χ3n) is 6.07. The number of ether oxygens (including phenoxy) is 2. The van der Waals surface area contributed by atoms with E-state index < -0.39 is 23.7 Å². The van der Waals surface area contributed by atoms with Gasteiger partial charge in [-0.3, -0.25) is 9.59 Å². The van der Waals surface area contributed by atoms with Crippen molar-refractivity contribution < 1.29 is 29.0 Å². The quantitative estimate of drug-likeness (QED) is 0.420. The number of carboxylic acid groups (broad SMARTS) is 1. The van der Waals surface area contributed by atoms with E-state index in [0.717, 1.165) is 22.3 Å². The summed E-state index contributed by atoms with van der Waals surface area (Å²) >= 11 is 0. The first-order valence-electron chi connectivity index (χ1n) is 11.9. The Kier molecular flexibility index (Phi) is 8.87. The van der Waals surface area contributed by atoms with Crippen molar-refractivity contribution in [3.63, 3.8) is 0 Å². The first kappa shape index (κ1) is 26.2. The van der Waals surface area contributed by atoms with E-state index >= 15 is 0 Å². The Balaban J connectivity index is 1.50. The van der Waals surface area contributed by atoms with E-state index in [0.29, 0.717) is 13.0 Å². The average molecular weight is 483 g/mol. The maximum atomic E-state index is 12.5. The molecule has 0 fully saturated rings. The number of aliphatic carboxylic acids is 1. The summed E-state index contributed by atoms with van der Waals surface area (Å²) in [4.78, 5) is 35.8. The Morgan fingerprint density at radius 3 is 2.20 bits per heavy atom. The summed E-state index contributed by atoms with van der Waals surface area (Å²) in [6.45, 7) is 6.07. The summed E-state index contributed by atoms with van der Waals surface area (Å²) in [6, 6.07) is 16.2. The molecule has 35 heavy (non-hydrogen) atoms. The lowest BCUT2D eigenvalue weighted by Crippen LogP contribution is -2.46. The Hall–Kier alpha value is -3.39. The maximum absolute atomic E-state index is 12.5. The number of carboxylic acids is 1. The number of alkyl carbamates (subject to hydrolysis) is 1. The van der Waals surface area contributed by atoms with Crippen LogP contribution in [0, 0.1) is 0 Å². The van der Waals surface area contributed by atoms with Crippen LogP contribution in [0.4, 0.5) is 4.79 Å². The van der Waals surface area contributed by atoms with Gasteiger partial charge in [0.2, 0.25) is 5.91 Å². The molecule has 0 saturated heterocycles. The van der Waals surface area contributed by atoms with Crippen molar-refractivity contribution in [2.24, 2.45) is 0 Å². The molecule has 1 unspecified atom stereocenters. The van der Waals surface area contributed by atoms with E-state index in [1.54, 1.807) is 13.8 Å². The smallest absolute Gasteiger partial charge is 0.407 e. The van der Waals surface area contributed by atoms with Crippen LogP contribution >= 0.6 is 0 Å². The van der Waals surface area contributed by atoms with Gasteiger partial charge in [0.15, 0.2) is 0 Å². The predicted molar refractivity (Wildman–Crippen MR) is 132 cm³/mol. The second kappa shape index (κ2) is 11.8. The molecule has 0 aliphatic heterocycles. The molecule has 2 amide bonds. The minimum Gasteiger partial charge on any atom is -0.481 e. The van der Waals surface area contributed by atoms with Gasteiger partial charge in [-0.2, -0.15) is 0 Å². The maximum Gasteiger partial charge on any atom is 0.407 e. The van der Waals surface area contributed by atoms with Gasteiger partial charge in [-0.25, -0.2) is 4.79 Å². The van der Waals surface area contributed by atoms with Gasteiger partial charge in [-0.15, -0.1) is 0 Å². The highest BCUT2D eigenvalue weighted by Gasteiger charge is 2.29. The first-order valence-corrected chi connectivity index (χ1v) is 11.9. The number of hydrogen-bond acceptors (Lipinski definition) is 5. The lowest BCUT2D eigenvalue weighted by Gasteiger charge is -2.27. The third-order valence-corrected chi connectivity index (χ3v) is 6.07. The molecule has 8 nitrogen and oxygen atoms in total. The van der Waals surface area contributed by atoms with Crippen LogP contribution in [0.2, 0.25) is 0 Å². The van der Waals surface area contributed by atoms with Crippen molar-refractivity contribution in [2.45, 2.75) is 57.6 Å². The highest BCUT2D eigenvalue weighted by molar-refractivity contribution is 5.79. The SMILES string of the molecule is CCOC(CNC(=O)OCC1c2ccccc2-c2ccccc21)CC(=O)NC(C)(C)CCC(=O)O. The molecule has 0 aromatic heterocycles. The van der Waals surface area contributed by atoms with Gasteiger partial charge >= 0.3 is 12.1 Å². The molecule has 0 bridgehead atoms. The van der Waals surface area contributed by atoms with Crippen LogP contribution in [0.15, 0.2) is 48.5 Å². The fourth-order valence-electron chi connectivity index (χ4n) is 4.39. The van der Waals surface area contributed by atoms with Gasteiger partial charge in [0.05, 0.1) is 12.5 Å². The van der Waals surface area contributed by atoms with Crippen LogP contribution in [0.25, 0.3) is 11.1 Å². The zero-order chi connectivity index (χ0) is 25.4. The largest absolute Gasteiger partial charge is 0.481 e. The highest BCUT2D eigenvalue weighted by Crippen LogP contribution is 2.44. The van der Waals surface area contributed by atoms with Crippen molar-refractivity contribution in [2.75, 3.05) is 19.8 Å². The van der Waals surface area contributed by atoms with Crippen LogP contribution in [-0.2, 0) is 19.1 Å². The van der Waals surface area contributed by atoms with E-state index in [1.165, 1.54) is 0 Å². The Bertz CT molecular complexity index is 1010. The predicted octanol–water partition coefficient (Wildman–Crippen LogP) is 4.08. The van der Waals surface area contributed by atoms with Crippen LogP contribution in [0.5, 0.6) is 0 Å². The second-order valence-electron chi connectivity index (χ2n) is 9.31. The Morgan fingerprint density at radius 2 is 1.63 bits per heavy atom. The topological polar surface area (TPSA) is 114 Å². The molecule has 1 aliphatic carbocycles. The molecular weight excluding hydrogens is 448 g/mol. The van der Waals surface area contributed by atoms with Crippen LogP contribution in [-0.4, -0.2) is 54.5 Å². The monoisotopic (exact) mass is 482 g/mol. The summed E-state index contributed by atoms with van der Waals surface area (Å²) in [7, 11) is 0. The third kappa shape index (κ3) is 7.29. The minimum atomic E-state index is -0.910. The molecule has 188 valence electrons. The minimum absolute atomic E-state index is 0.0327. The van der Waals surface area contributed by atoms with Gasteiger partial charge in [0.25, 0.3) is 0 Å². The van der Waals surface area contributed by atoms with E-state index in [4.69, 9.17) is 14.6 Å². The number of hydrogen-bond donors (Lipinski definition) is 3. The number of amides is 2. The molecule has 1 aliphatic rings. The number of carbonyl (C=O) groups excluding carboxylic acids is 2. The zero-order valence-electron chi connectivity index (χ0n) is 20.5. The van der Waals surface area contributed by atoms with Crippen molar-refractivity contribution in [1.82, 2.24) is 10.6 Å². The fraction of sp³-hybridized carbons (Fsp3) is 0.444. The standard InChI is InChI=1S/C27H34N2O6/c1-4-34-18(15-24(30)29-27(2,3)14-13-25(31)32)16-28-26(33)35-17-23-21-11-7-5-9-19(21)20-10-6-8-12-22(20)23/h5-12,18,23H,4,13-17H2,1-3H3,(H,28,33)(H,29,30)(H,31,32). The van der Waals surface area contributed by atoms with Gasteiger partial charge in [-0.1, -0.05) is 48.5 Å². The van der Waals surface area contributed by atoms with Crippen LogP contribution in [0.1, 0.15) is 57.1 Å². The van der Waals surface area contributed by atoms with Crippen molar-refractivity contribution in [3.05, 3.63) is 59.7 Å². The number of nitrogens with one attached hydrogen (secondary N) is 2.